The molecule has 13 rings (SSSR count). The monoisotopic (exact) mass is 880 g/mol. The molecule has 2 heteroatoms. The molecule has 0 spiro atoms. The van der Waals surface area contributed by atoms with E-state index in [2.05, 4.69) is 278 Å². The summed E-state index contributed by atoms with van der Waals surface area (Å²) in [4.78, 5) is 2.48. The van der Waals surface area contributed by atoms with Gasteiger partial charge < -0.3 is 9.47 Å². The van der Waals surface area contributed by atoms with Crippen molar-refractivity contribution in [1.82, 2.24) is 4.57 Å². The highest BCUT2D eigenvalue weighted by molar-refractivity contribution is 6.11. The summed E-state index contributed by atoms with van der Waals surface area (Å²) in [6.45, 7) is 4.70. The number of benzene rings is 11. The van der Waals surface area contributed by atoms with Gasteiger partial charge in [-0.15, -0.1) is 0 Å². The van der Waals surface area contributed by atoms with Gasteiger partial charge in [0, 0.05) is 38.5 Å². The summed E-state index contributed by atoms with van der Waals surface area (Å²) in [5, 5.41) is 4.88. The number of rotatable bonds is 8. The van der Waals surface area contributed by atoms with Crippen molar-refractivity contribution in [3.05, 3.63) is 266 Å². The van der Waals surface area contributed by atoms with E-state index < -0.39 is 0 Å². The largest absolute Gasteiger partial charge is 0.309 e. The molecular formula is C67H48N2. The van der Waals surface area contributed by atoms with Crippen molar-refractivity contribution >= 4 is 49.6 Å². The Morgan fingerprint density at radius 2 is 0.870 bits per heavy atom. The third kappa shape index (κ3) is 6.79. The number of hydrogen-bond acceptors (Lipinski definition) is 1. The Bertz CT molecular complexity index is 3870. The first-order valence-electron chi connectivity index (χ1n) is 24.0. The fourth-order valence-corrected chi connectivity index (χ4v) is 11.2. The van der Waals surface area contributed by atoms with Crippen molar-refractivity contribution in [2.45, 2.75) is 19.3 Å². The molecule has 0 bridgehead atoms. The van der Waals surface area contributed by atoms with Gasteiger partial charge in [-0.2, -0.15) is 0 Å². The van der Waals surface area contributed by atoms with E-state index in [9.17, 15) is 0 Å². The van der Waals surface area contributed by atoms with E-state index >= 15 is 0 Å². The van der Waals surface area contributed by atoms with Crippen LogP contribution in [0.3, 0.4) is 0 Å². The third-order valence-corrected chi connectivity index (χ3v) is 14.5. The lowest BCUT2D eigenvalue weighted by Gasteiger charge is -2.30. The van der Waals surface area contributed by atoms with Crippen molar-refractivity contribution < 1.29 is 0 Å². The highest BCUT2D eigenvalue weighted by atomic mass is 15.1. The number of para-hydroxylation sites is 2. The molecule has 0 N–H and O–H groups in total. The summed E-state index contributed by atoms with van der Waals surface area (Å²) in [7, 11) is 0. The molecule has 0 amide bonds. The first-order chi connectivity index (χ1) is 34.0. The molecule has 326 valence electrons. The fraction of sp³-hybridized carbons (Fsp3) is 0.0448. The fourth-order valence-electron chi connectivity index (χ4n) is 11.2. The van der Waals surface area contributed by atoms with Crippen LogP contribution in [0, 0.1) is 0 Å². The summed E-state index contributed by atoms with van der Waals surface area (Å²) in [5.41, 5.74) is 21.6. The van der Waals surface area contributed by atoms with Crippen molar-refractivity contribution in [1.29, 1.82) is 0 Å². The van der Waals surface area contributed by atoms with Gasteiger partial charge in [-0.25, -0.2) is 0 Å². The van der Waals surface area contributed by atoms with Crippen LogP contribution in [-0.4, -0.2) is 4.57 Å². The van der Waals surface area contributed by atoms with Gasteiger partial charge in [0.2, 0.25) is 0 Å². The van der Waals surface area contributed by atoms with Crippen molar-refractivity contribution in [3.8, 4) is 61.3 Å². The Balaban J connectivity index is 0.952. The molecule has 0 aliphatic heterocycles. The lowest BCUT2D eigenvalue weighted by Crippen LogP contribution is -2.15. The molecule has 2 nitrogen and oxygen atoms in total. The van der Waals surface area contributed by atoms with Gasteiger partial charge in [-0.1, -0.05) is 202 Å². The normalized spacial score (nSPS) is 12.6. The van der Waals surface area contributed by atoms with Gasteiger partial charge >= 0.3 is 0 Å². The molecule has 1 aromatic heterocycles. The second kappa shape index (κ2) is 16.3. The molecule has 1 aliphatic rings. The van der Waals surface area contributed by atoms with E-state index in [4.69, 9.17) is 0 Å². The highest BCUT2D eigenvalue weighted by Gasteiger charge is 2.36. The summed E-state index contributed by atoms with van der Waals surface area (Å²) in [6, 6.07) is 93.8. The van der Waals surface area contributed by atoms with Crippen LogP contribution in [0.4, 0.5) is 17.1 Å². The SMILES string of the molecule is CC1(C)c2ccccc2-c2cc(N(c3ccccc3-c3cccc(-c4ccc5c(c4)c4ccccc4n5-c4cc(-c5ccccc5)cc(-c5ccccc5)c4)c3)c3cccc4ccccc34)ccc21. The van der Waals surface area contributed by atoms with Crippen molar-refractivity contribution in [3.63, 3.8) is 0 Å². The van der Waals surface area contributed by atoms with Crippen LogP contribution in [-0.2, 0) is 5.41 Å². The zero-order valence-corrected chi connectivity index (χ0v) is 38.6. The van der Waals surface area contributed by atoms with Crippen LogP contribution < -0.4 is 4.90 Å². The van der Waals surface area contributed by atoms with E-state index in [0.29, 0.717) is 0 Å². The summed E-state index contributed by atoms with van der Waals surface area (Å²) in [5.74, 6) is 0. The lowest BCUT2D eigenvalue weighted by molar-refractivity contribution is 0.660. The van der Waals surface area contributed by atoms with Gasteiger partial charge in [0.05, 0.1) is 22.4 Å². The lowest BCUT2D eigenvalue weighted by atomic mass is 9.82. The molecule has 1 heterocycles. The average molecular weight is 881 g/mol. The van der Waals surface area contributed by atoms with Crippen LogP contribution >= 0.6 is 0 Å². The van der Waals surface area contributed by atoms with Gasteiger partial charge in [0.15, 0.2) is 0 Å². The van der Waals surface area contributed by atoms with Crippen LogP contribution in [0.5, 0.6) is 0 Å². The molecule has 0 saturated heterocycles. The number of aromatic nitrogens is 1. The van der Waals surface area contributed by atoms with Crippen LogP contribution in [0.1, 0.15) is 25.0 Å². The molecule has 0 fully saturated rings. The summed E-state index contributed by atoms with van der Waals surface area (Å²) in [6.07, 6.45) is 0. The van der Waals surface area contributed by atoms with Crippen molar-refractivity contribution in [2.24, 2.45) is 0 Å². The average Bonchev–Trinajstić information content (AvgIpc) is 3.86. The van der Waals surface area contributed by atoms with E-state index in [1.54, 1.807) is 0 Å². The second-order valence-corrected chi connectivity index (χ2v) is 18.9. The molecule has 12 aromatic rings. The minimum Gasteiger partial charge on any atom is -0.309 e. The number of nitrogens with zero attached hydrogens (tertiary/aromatic N) is 2. The zero-order valence-electron chi connectivity index (χ0n) is 38.6. The predicted octanol–water partition coefficient (Wildman–Crippen LogP) is 18.4. The molecule has 0 saturated carbocycles. The number of hydrogen-bond donors (Lipinski definition) is 0. The van der Waals surface area contributed by atoms with Gasteiger partial charge in [0.1, 0.15) is 0 Å². The molecule has 0 atom stereocenters. The Morgan fingerprint density at radius 1 is 0.319 bits per heavy atom. The smallest absolute Gasteiger partial charge is 0.0541 e. The zero-order chi connectivity index (χ0) is 46.1. The maximum atomic E-state index is 2.48. The Labute approximate surface area is 403 Å². The Kier molecular flexibility index (Phi) is 9.55. The van der Waals surface area contributed by atoms with E-state index in [0.717, 1.165) is 28.3 Å². The number of anilines is 3. The molecule has 1 aliphatic carbocycles. The molecule has 0 radical (unpaired) electrons. The quantitative estimate of drug-likeness (QED) is 0.148. The molecule has 0 unspecified atom stereocenters. The summed E-state index contributed by atoms with van der Waals surface area (Å²) >= 11 is 0. The van der Waals surface area contributed by atoms with Crippen LogP contribution in [0.25, 0.3) is 93.9 Å². The van der Waals surface area contributed by atoms with Gasteiger partial charge in [0.25, 0.3) is 0 Å². The van der Waals surface area contributed by atoms with E-state index in [-0.39, 0.29) is 5.41 Å². The maximum absolute atomic E-state index is 2.48. The van der Waals surface area contributed by atoms with Gasteiger partial charge in [-0.3, -0.25) is 0 Å². The van der Waals surface area contributed by atoms with Crippen LogP contribution in [0.15, 0.2) is 255 Å². The first-order valence-corrected chi connectivity index (χ1v) is 24.0. The second-order valence-electron chi connectivity index (χ2n) is 18.9. The van der Waals surface area contributed by atoms with Crippen LogP contribution in [0.2, 0.25) is 0 Å². The van der Waals surface area contributed by atoms with Gasteiger partial charge in [-0.05, 0) is 133 Å². The topological polar surface area (TPSA) is 8.17 Å². The Morgan fingerprint density at radius 3 is 1.67 bits per heavy atom. The minimum atomic E-state index is -0.0790. The minimum absolute atomic E-state index is 0.0790. The Hall–Kier alpha value is -8.72. The summed E-state index contributed by atoms with van der Waals surface area (Å²) < 4.78 is 2.44. The molecule has 11 aromatic carbocycles. The molecule has 69 heavy (non-hydrogen) atoms. The molecular weight excluding hydrogens is 833 g/mol. The maximum Gasteiger partial charge on any atom is 0.0541 e. The third-order valence-electron chi connectivity index (χ3n) is 14.5. The first kappa shape index (κ1) is 40.5. The van der Waals surface area contributed by atoms with E-state index in [1.165, 1.54) is 93.8 Å². The van der Waals surface area contributed by atoms with Crippen molar-refractivity contribution in [2.75, 3.05) is 4.90 Å². The highest BCUT2D eigenvalue weighted by Crippen LogP contribution is 2.52. The predicted molar refractivity (Wildman–Crippen MR) is 292 cm³/mol. The number of fused-ring (bicyclic) bond motifs is 7. The standard InChI is InChI=1S/C67H48N2/c1-67(2)61-31-14-11-29-57(61)59-44-53(36-37-62(59)67)68(64-34-18-24-47-23-9-10-27-55(47)64)63-32-15-12-28-56(63)50-26-17-25-48(39-50)49-35-38-66-60(43-49)58-30-13-16-33-65(58)69(66)54-41-51(45-19-5-3-6-20-45)40-52(42-54)46-21-7-4-8-22-46/h3-44H,1-2H3. The van der Waals surface area contributed by atoms with E-state index in [1.807, 2.05) is 0 Å².